The highest BCUT2D eigenvalue weighted by Gasteiger charge is 2.09. The summed E-state index contributed by atoms with van der Waals surface area (Å²) in [5.41, 5.74) is 2.80. The van der Waals surface area contributed by atoms with Crippen LogP contribution in [0.4, 0.5) is 38.7 Å². The summed E-state index contributed by atoms with van der Waals surface area (Å²) in [6, 6.07) is 17.6. The molecular weight excluding hydrogens is 656 g/mol. The molecule has 6 aromatic rings. The molecule has 0 unspecified atom stereocenters. The monoisotopic (exact) mass is 692 g/mol. The van der Waals surface area contributed by atoms with Crippen molar-refractivity contribution in [1.29, 1.82) is 0 Å². The van der Waals surface area contributed by atoms with Crippen molar-refractivity contribution in [3.8, 4) is 0 Å². The molecule has 50 heavy (non-hydrogen) atoms. The van der Waals surface area contributed by atoms with Gasteiger partial charge in [0.15, 0.2) is 0 Å². The molecule has 0 aliphatic rings. The van der Waals surface area contributed by atoms with Crippen LogP contribution in [0.1, 0.15) is 17.8 Å². The van der Waals surface area contributed by atoms with E-state index in [1.54, 1.807) is 43.8 Å². The van der Waals surface area contributed by atoms with E-state index in [2.05, 4.69) is 61.4 Å². The van der Waals surface area contributed by atoms with E-state index < -0.39 is 12.1 Å². The minimum Gasteiger partial charge on any atom is -0.370 e. The summed E-state index contributed by atoms with van der Waals surface area (Å²) in [7, 11) is 4.09. The van der Waals surface area contributed by atoms with Crippen LogP contribution in [-0.2, 0) is 0 Å². The minimum atomic E-state index is -0.435. The van der Waals surface area contributed by atoms with Gasteiger partial charge >= 0.3 is 12.1 Å². The van der Waals surface area contributed by atoms with Crippen molar-refractivity contribution in [2.45, 2.75) is 20.3 Å². The van der Waals surface area contributed by atoms with Gasteiger partial charge in [-0.25, -0.2) is 24.5 Å². The van der Waals surface area contributed by atoms with Gasteiger partial charge in [0.25, 0.3) is 0 Å². The molecule has 5 N–H and O–H groups in total. The molecule has 0 aliphatic carbocycles. The maximum Gasteiger partial charge on any atom is 0.326 e. The van der Waals surface area contributed by atoms with Gasteiger partial charge in [-0.2, -0.15) is 4.98 Å². The van der Waals surface area contributed by atoms with Crippen molar-refractivity contribution in [2.75, 3.05) is 53.8 Å². The number of carbonyl (C=O) groups is 2. The molecule has 0 saturated carbocycles. The molecule has 4 heterocycles. The second-order valence-electron chi connectivity index (χ2n) is 11.5. The first-order valence-corrected chi connectivity index (χ1v) is 16.1. The first kappa shape index (κ1) is 35.3. The van der Waals surface area contributed by atoms with Crippen LogP contribution in [0.15, 0.2) is 85.5 Å². The third kappa shape index (κ3) is 10.8. The standard InChI is InChI=1S/C20H25N7O.C15H12ClN5O/c1-14-11-18(22-8-4-10-27(2)3)25-19(23-14)26-20(28)24-17-6-5-16-13-21-9-7-15(16)12-17;1-9-6-13(16)20-14(18-9)21-15(22)19-12-3-2-11-8-17-5-4-10(11)7-12/h5-7,9,11-13H,4,8,10H2,1-3H3,(H3,22,23,24,25,26,28);2-8H,1H3,(H2,18,19,20,21,22). The molecule has 4 aromatic heterocycles. The minimum absolute atomic E-state index is 0.160. The lowest BCUT2D eigenvalue weighted by atomic mass is 10.1. The number of aryl methyl sites for hydroxylation is 2. The Labute approximate surface area is 294 Å². The molecule has 0 radical (unpaired) electrons. The zero-order valence-electron chi connectivity index (χ0n) is 28.0. The van der Waals surface area contributed by atoms with E-state index in [1.807, 2.05) is 69.6 Å². The summed E-state index contributed by atoms with van der Waals surface area (Å²) in [5, 5.41) is 18.3. The second kappa shape index (κ2) is 16.9. The fraction of sp³-hybridized carbons (Fsp3) is 0.200. The molecule has 0 aliphatic heterocycles. The Morgan fingerprint density at radius 2 is 1.20 bits per heavy atom. The molecule has 0 saturated heterocycles. The van der Waals surface area contributed by atoms with E-state index in [0.29, 0.717) is 22.9 Å². The van der Waals surface area contributed by atoms with Crippen molar-refractivity contribution in [3.63, 3.8) is 0 Å². The smallest absolute Gasteiger partial charge is 0.326 e. The number of urea groups is 2. The Morgan fingerprint density at radius 1 is 0.660 bits per heavy atom. The third-order valence-electron chi connectivity index (χ3n) is 7.01. The van der Waals surface area contributed by atoms with Gasteiger partial charge in [0.2, 0.25) is 11.9 Å². The van der Waals surface area contributed by atoms with Crippen LogP contribution in [0.3, 0.4) is 0 Å². The van der Waals surface area contributed by atoms with Gasteiger partial charge in [0, 0.05) is 70.9 Å². The predicted octanol–water partition coefficient (Wildman–Crippen LogP) is 6.97. The Kier molecular flexibility index (Phi) is 11.9. The van der Waals surface area contributed by atoms with Gasteiger partial charge < -0.3 is 20.9 Å². The number of fused-ring (bicyclic) bond motifs is 2. The van der Waals surface area contributed by atoms with Crippen LogP contribution in [0.25, 0.3) is 21.5 Å². The topological polar surface area (TPSA) is 175 Å². The number of aromatic nitrogens is 6. The van der Waals surface area contributed by atoms with E-state index in [9.17, 15) is 9.59 Å². The van der Waals surface area contributed by atoms with Crippen molar-refractivity contribution >= 4 is 74.3 Å². The van der Waals surface area contributed by atoms with Gasteiger partial charge in [-0.1, -0.05) is 23.7 Å². The van der Waals surface area contributed by atoms with Crippen molar-refractivity contribution < 1.29 is 9.59 Å². The zero-order chi connectivity index (χ0) is 35.5. The van der Waals surface area contributed by atoms with Crippen LogP contribution >= 0.6 is 11.6 Å². The number of nitrogens with zero attached hydrogens (tertiary/aromatic N) is 7. The molecule has 0 bridgehead atoms. The number of hydrogen-bond donors (Lipinski definition) is 5. The predicted molar refractivity (Wildman–Crippen MR) is 199 cm³/mol. The summed E-state index contributed by atoms with van der Waals surface area (Å²) in [6.45, 7) is 5.43. The lowest BCUT2D eigenvalue weighted by molar-refractivity contribution is 0.261. The highest BCUT2D eigenvalue weighted by Crippen LogP contribution is 2.20. The highest BCUT2D eigenvalue weighted by atomic mass is 35.5. The van der Waals surface area contributed by atoms with Gasteiger partial charge in [-0.15, -0.1) is 0 Å². The number of rotatable bonds is 9. The number of anilines is 5. The van der Waals surface area contributed by atoms with Crippen LogP contribution < -0.4 is 26.6 Å². The fourth-order valence-electron chi connectivity index (χ4n) is 4.76. The second-order valence-corrected chi connectivity index (χ2v) is 11.9. The number of amides is 4. The Morgan fingerprint density at radius 3 is 1.74 bits per heavy atom. The van der Waals surface area contributed by atoms with E-state index in [1.165, 1.54) is 0 Å². The summed E-state index contributed by atoms with van der Waals surface area (Å²) >= 11 is 5.83. The average Bonchev–Trinajstić information content (AvgIpc) is 3.06. The molecule has 2 aromatic carbocycles. The number of benzene rings is 2. The van der Waals surface area contributed by atoms with Crippen LogP contribution in [0, 0.1) is 13.8 Å². The lowest BCUT2D eigenvalue weighted by Crippen LogP contribution is -2.21. The third-order valence-corrected chi connectivity index (χ3v) is 7.21. The van der Waals surface area contributed by atoms with Gasteiger partial charge in [0.1, 0.15) is 11.0 Å². The SMILES string of the molecule is Cc1cc(Cl)nc(NC(=O)Nc2ccc3cnccc3c2)n1.Cc1cc(NCCCN(C)C)nc(NC(=O)Nc2ccc3cnccc3c2)n1. The first-order chi connectivity index (χ1) is 24.1. The lowest BCUT2D eigenvalue weighted by Gasteiger charge is -2.12. The fourth-order valence-corrected chi connectivity index (χ4v) is 5.00. The summed E-state index contributed by atoms with van der Waals surface area (Å²) < 4.78 is 0. The van der Waals surface area contributed by atoms with Crippen LogP contribution in [0.2, 0.25) is 5.15 Å². The molecule has 15 heteroatoms. The van der Waals surface area contributed by atoms with E-state index in [4.69, 9.17) is 11.6 Å². The van der Waals surface area contributed by atoms with Crippen LogP contribution in [0.5, 0.6) is 0 Å². The van der Waals surface area contributed by atoms with E-state index >= 15 is 0 Å². The molecule has 256 valence electrons. The van der Waals surface area contributed by atoms with Crippen LogP contribution in [-0.4, -0.2) is 74.1 Å². The van der Waals surface area contributed by atoms with E-state index in [-0.39, 0.29) is 17.0 Å². The molecule has 0 atom stereocenters. The highest BCUT2D eigenvalue weighted by molar-refractivity contribution is 6.29. The zero-order valence-corrected chi connectivity index (χ0v) is 28.8. The maximum absolute atomic E-state index is 12.3. The molecule has 6 rings (SSSR count). The van der Waals surface area contributed by atoms with Crippen molar-refractivity contribution in [2.24, 2.45) is 0 Å². The number of nitrogens with one attached hydrogen (secondary N) is 5. The Balaban J connectivity index is 0.000000200. The molecule has 0 spiro atoms. The molecule has 4 amide bonds. The summed E-state index contributed by atoms with van der Waals surface area (Å²) in [6.07, 6.45) is 7.97. The number of halogens is 1. The summed E-state index contributed by atoms with van der Waals surface area (Å²) in [5.74, 6) is 1.12. The number of pyridine rings is 2. The van der Waals surface area contributed by atoms with Crippen molar-refractivity contribution in [1.82, 2.24) is 34.8 Å². The average molecular weight is 693 g/mol. The summed E-state index contributed by atoms with van der Waals surface area (Å²) in [4.78, 5) is 51.3. The normalized spacial score (nSPS) is 10.7. The van der Waals surface area contributed by atoms with Gasteiger partial charge in [-0.3, -0.25) is 20.6 Å². The van der Waals surface area contributed by atoms with E-state index in [0.717, 1.165) is 46.7 Å². The molecule has 0 fully saturated rings. The van der Waals surface area contributed by atoms with Gasteiger partial charge in [-0.05, 0) is 94.1 Å². The first-order valence-electron chi connectivity index (χ1n) is 15.7. The Hall–Kier alpha value is -5.99. The number of hydrogen-bond acceptors (Lipinski definition) is 10. The van der Waals surface area contributed by atoms with Crippen molar-refractivity contribution in [3.05, 3.63) is 102 Å². The largest absolute Gasteiger partial charge is 0.370 e. The maximum atomic E-state index is 12.3. The van der Waals surface area contributed by atoms with Gasteiger partial charge in [0.05, 0.1) is 0 Å². The number of carbonyl (C=O) groups excluding carboxylic acids is 2. The molecular formula is C35H37ClN12O2. The molecule has 14 nitrogen and oxygen atoms in total. The quantitative estimate of drug-likeness (QED) is 0.0786. The Bertz CT molecular complexity index is 2090.